The van der Waals surface area contributed by atoms with E-state index < -0.39 is 11.0 Å². The molecule has 0 heterocycles. The summed E-state index contributed by atoms with van der Waals surface area (Å²) in [6.45, 7) is 3.94. The molecule has 2 N–H and O–H groups in total. The average Bonchev–Trinajstić information content (AvgIpc) is 3.26. The summed E-state index contributed by atoms with van der Waals surface area (Å²) in [5, 5.41) is 0. The third kappa shape index (κ3) is 2.53. The molecule has 1 aliphatic carbocycles. The minimum atomic E-state index is -0.630. The predicted octanol–water partition coefficient (Wildman–Crippen LogP) is 3.29. The molecule has 0 amide bonds. The maximum Gasteiger partial charge on any atom is 0.322 e. The lowest BCUT2D eigenvalue weighted by Crippen LogP contribution is -2.41. The Bertz CT molecular complexity index is 661. The number of para-hydroxylation sites is 1. The van der Waals surface area contributed by atoms with E-state index in [9.17, 15) is 4.79 Å². The van der Waals surface area contributed by atoms with Crippen LogP contribution in [0.5, 0.6) is 5.75 Å². The van der Waals surface area contributed by atoms with Crippen molar-refractivity contribution >= 4 is 5.97 Å². The van der Waals surface area contributed by atoms with Crippen molar-refractivity contribution in [3.8, 4) is 5.75 Å². The fraction of sp³-hybridized carbons (Fsp3) is 0.316. The molecule has 0 aromatic heterocycles. The number of carbonyl (C=O) groups excluding carboxylic acids is 1. The fourth-order valence-corrected chi connectivity index (χ4v) is 3.25. The van der Waals surface area contributed by atoms with E-state index in [2.05, 4.69) is 0 Å². The highest BCUT2D eigenvalue weighted by Crippen LogP contribution is 2.59. The zero-order chi connectivity index (χ0) is 15.8. The summed E-state index contributed by atoms with van der Waals surface area (Å²) in [5.41, 5.74) is 6.21. The predicted molar refractivity (Wildman–Crippen MR) is 86.6 cm³/mol. The van der Waals surface area contributed by atoms with E-state index in [0.717, 1.165) is 12.0 Å². The Labute approximate surface area is 131 Å². The molecule has 2 aromatic rings. The summed E-state index contributed by atoms with van der Waals surface area (Å²) in [6, 6.07) is 19.0. The van der Waals surface area contributed by atoms with Crippen LogP contribution in [0.1, 0.15) is 25.8 Å². The first-order valence-corrected chi connectivity index (χ1v) is 7.56. The average molecular weight is 295 g/mol. The van der Waals surface area contributed by atoms with Gasteiger partial charge in [0.15, 0.2) is 0 Å². The number of carbonyl (C=O) groups is 1. The molecule has 2 atom stereocenters. The second-order valence-electron chi connectivity index (χ2n) is 6.62. The molecule has 3 heteroatoms. The standard InChI is InChI=1S/C19H21NO2/c1-18(2,20)16-13-19(16,14-9-5-3-6-10-14)17(21)22-15-11-7-4-8-12-15/h3-12,16H,13,20H2,1-2H3. The van der Waals surface area contributed by atoms with Gasteiger partial charge in [-0.2, -0.15) is 0 Å². The van der Waals surface area contributed by atoms with E-state index in [0.29, 0.717) is 5.75 Å². The third-order valence-electron chi connectivity index (χ3n) is 4.47. The van der Waals surface area contributed by atoms with Crippen molar-refractivity contribution in [3.63, 3.8) is 0 Å². The molecule has 2 aromatic carbocycles. The van der Waals surface area contributed by atoms with Crippen LogP contribution in [0, 0.1) is 5.92 Å². The van der Waals surface area contributed by atoms with Crippen LogP contribution >= 0.6 is 0 Å². The van der Waals surface area contributed by atoms with Gasteiger partial charge in [-0.25, -0.2) is 0 Å². The van der Waals surface area contributed by atoms with Gasteiger partial charge in [0.05, 0.1) is 5.41 Å². The second-order valence-corrected chi connectivity index (χ2v) is 6.62. The van der Waals surface area contributed by atoms with E-state index >= 15 is 0 Å². The quantitative estimate of drug-likeness (QED) is 0.695. The van der Waals surface area contributed by atoms with Crippen LogP contribution < -0.4 is 10.5 Å². The van der Waals surface area contributed by atoms with Crippen LogP contribution in [0.3, 0.4) is 0 Å². The van der Waals surface area contributed by atoms with E-state index in [4.69, 9.17) is 10.5 Å². The molecule has 22 heavy (non-hydrogen) atoms. The number of benzene rings is 2. The zero-order valence-corrected chi connectivity index (χ0v) is 13.0. The van der Waals surface area contributed by atoms with E-state index in [1.807, 2.05) is 62.4 Å². The van der Waals surface area contributed by atoms with Gasteiger partial charge in [-0.05, 0) is 43.9 Å². The summed E-state index contributed by atoms with van der Waals surface area (Å²) in [6.07, 6.45) is 0.728. The summed E-state index contributed by atoms with van der Waals surface area (Å²) < 4.78 is 5.63. The van der Waals surface area contributed by atoms with E-state index in [-0.39, 0.29) is 11.9 Å². The number of nitrogens with two attached hydrogens (primary N) is 1. The second kappa shape index (κ2) is 5.25. The lowest BCUT2D eigenvalue weighted by atomic mass is 9.86. The highest BCUT2D eigenvalue weighted by Gasteiger charge is 2.66. The molecule has 2 unspecified atom stereocenters. The van der Waals surface area contributed by atoms with Crippen molar-refractivity contribution in [2.24, 2.45) is 11.7 Å². The lowest BCUT2D eigenvalue weighted by molar-refractivity contribution is -0.138. The fourth-order valence-electron chi connectivity index (χ4n) is 3.25. The first-order valence-electron chi connectivity index (χ1n) is 7.56. The lowest BCUT2D eigenvalue weighted by Gasteiger charge is -2.24. The van der Waals surface area contributed by atoms with Gasteiger partial charge in [-0.1, -0.05) is 48.5 Å². The molecule has 0 spiro atoms. The molecular weight excluding hydrogens is 274 g/mol. The molecule has 0 bridgehead atoms. The van der Waals surface area contributed by atoms with E-state index in [1.165, 1.54) is 0 Å². The maximum atomic E-state index is 12.9. The molecule has 3 rings (SSSR count). The van der Waals surface area contributed by atoms with Crippen LogP contribution in [-0.2, 0) is 10.2 Å². The zero-order valence-electron chi connectivity index (χ0n) is 13.0. The Morgan fingerprint density at radius 2 is 1.64 bits per heavy atom. The Balaban J connectivity index is 1.93. The van der Waals surface area contributed by atoms with Gasteiger partial charge in [-0.3, -0.25) is 4.79 Å². The largest absolute Gasteiger partial charge is 0.426 e. The van der Waals surface area contributed by atoms with Crippen LogP contribution in [0.2, 0.25) is 0 Å². The van der Waals surface area contributed by atoms with Crippen molar-refractivity contribution in [2.45, 2.75) is 31.2 Å². The number of hydrogen-bond donors (Lipinski definition) is 1. The molecular formula is C19H21NO2. The maximum absolute atomic E-state index is 12.9. The topological polar surface area (TPSA) is 52.3 Å². The molecule has 0 saturated heterocycles. The van der Waals surface area contributed by atoms with Crippen LogP contribution in [0.15, 0.2) is 60.7 Å². The molecule has 114 valence electrons. The molecule has 0 radical (unpaired) electrons. The molecule has 0 aliphatic heterocycles. The summed E-state index contributed by atoms with van der Waals surface area (Å²) in [4.78, 5) is 12.9. The van der Waals surface area contributed by atoms with Crippen molar-refractivity contribution in [3.05, 3.63) is 66.2 Å². The van der Waals surface area contributed by atoms with E-state index in [1.54, 1.807) is 12.1 Å². The minimum Gasteiger partial charge on any atom is -0.426 e. The van der Waals surface area contributed by atoms with Gasteiger partial charge in [0.25, 0.3) is 0 Å². The van der Waals surface area contributed by atoms with Gasteiger partial charge in [-0.15, -0.1) is 0 Å². The molecule has 1 saturated carbocycles. The van der Waals surface area contributed by atoms with Gasteiger partial charge in [0.1, 0.15) is 5.75 Å². The first-order chi connectivity index (χ1) is 10.4. The molecule has 1 fully saturated rings. The minimum absolute atomic E-state index is 0.0820. The Kier molecular flexibility index (Phi) is 3.53. The van der Waals surface area contributed by atoms with Gasteiger partial charge >= 0.3 is 5.97 Å². The van der Waals surface area contributed by atoms with Gasteiger partial charge in [0, 0.05) is 5.54 Å². The molecule has 3 nitrogen and oxygen atoms in total. The van der Waals surface area contributed by atoms with Crippen LogP contribution in [-0.4, -0.2) is 11.5 Å². The summed E-state index contributed by atoms with van der Waals surface area (Å²) in [7, 11) is 0. The first kappa shape index (κ1) is 14.8. The van der Waals surface area contributed by atoms with Crippen LogP contribution in [0.4, 0.5) is 0 Å². The van der Waals surface area contributed by atoms with Crippen molar-refractivity contribution < 1.29 is 9.53 Å². The Morgan fingerprint density at radius 1 is 1.09 bits per heavy atom. The highest BCUT2D eigenvalue weighted by molar-refractivity contribution is 5.89. The SMILES string of the molecule is CC(C)(N)C1CC1(C(=O)Oc1ccccc1)c1ccccc1. The summed E-state index contributed by atoms with van der Waals surface area (Å²) in [5.74, 6) is 0.440. The van der Waals surface area contributed by atoms with Gasteiger partial charge < -0.3 is 10.5 Å². The number of rotatable bonds is 4. The smallest absolute Gasteiger partial charge is 0.322 e. The molecule has 1 aliphatic rings. The van der Waals surface area contributed by atoms with Crippen molar-refractivity contribution in [2.75, 3.05) is 0 Å². The monoisotopic (exact) mass is 295 g/mol. The van der Waals surface area contributed by atoms with Gasteiger partial charge in [0.2, 0.25) is 0 Å². The number of esters is 1. The van der Waals surface area contributed by atoms with Crippen molar-refractivity contribution in [1.29, 1.82) is 0 Å². The number of hydrogen-bond acceptors (Lipinski definition) is 3. The Hall–Kier alpha value is -2.13. The van der Waals surface area contributed by atoms with Crippen molar-refractivity contribution in [1.82, 2.24) is 0 Å². The highest BCUT2D eigenvalue weighted by atomic mass is 16.5. The Morgan fingerprint density at radius 3 is 2.14 bits per heavy atom. The summed E-state index contributed by atoms with van der Waals surface area (Å²) >= 11 is 0. The third-order valence-corrected chi connectivity index (χ3v) is 4.47. The number of ether oxygens (including phenoxy) is 1. The van der Waals surface area contributed by atoms with Crippen LogP contribution in [0.25, 0.3) is 0 Å². The normalized spacial score (nSPS) is 23.9.